The normalized spacial score (nSPS) is 10.8. The maximum absolute atomic E-state index is 12.1. The zero-order valence-electron chi connectivity index (χ0n) is 13.0. The molecule has 1 heterocycles. The predicted octanol–water partition coefficient (Wildman–Crippen LogP) is 4.46. The minimum absolute atomic E-state index is 0.323. The number of rotatable bonds is 4. The van der Waals surface area contributed by atoms with E-state index in [9.17, 15) is 9.59 Å². The highest BCUT2D eigenvalue weighted by atomic mass is 35.5. The van der Waals surface area contributed by atoms with E-state index in [0.29, 0.717) is 15.6 Å². The van der Waals surface area contributed by atoms with Gasteiger partial charge < -0.3 is 10.1 Å². The standard InChI is InChI=1S/C17H16ClNO3S/c1-10-11(2)23-16(15(10)17(21)22-3)19-14(20)8-7-12-5-4-6-13(18)9-12/h4-9H,1-3H3,(H,19,20). The van der Waals surface area contributed by atoms with Crippen LogP contribution in [-0.4, -0.2) is 19.0 Å². The van der Waals surface area contributed by atoms with Crippen molar-refractivity contribution >= 4 is 45.9 Å². The lowest BCUT2D eigenvalue weighted by molar-refractivity contribution is -0.111. The van der Waals surface area contributed by atoms with E-state index < -0.39 is 5.97 Å². The summed E-state index contributed by atoms with van der Waals surface area (Å²) in [6, 6.07) is 7.17. The summed E-state index contributed by atoms with van der Waals surface area (Å²) in [5.74, 6) is -0.780. The Bertz CT molecular complexity index is 780. The monoisotopic (exact) mass is 349 g/mol. The first-order valence-corrected chi connectivity index (χ1v) is 8.04. The number of carbonyl (C=O) groups excluding carboxylic acids is 2. The van der Waals surface area contributed by atoms with Crippen LogP contribution in [0.15, 0.2) is 30.3 Å². The number of nitrogens with one attached hydrogen (secondary N) is 1. The van der Waals surface area contributed by atoms with Gasteiger partial charge in [-0.1, -0.05) is 23.7 Å². The van der Waals surface area contributed by atoms with Gasteiger partial charge in [-0.3, -0.25) is 4.79 Å². The second kappa shape index (κ2) is 7.44. The van der Waals surface area contributed by atoms with Gasteiger partial charge in [0.1, 0.15) is 5.00 Å². The summed E-state index contributed by atoms with van der Waals surface area (Å²) in [7, 11) is 1.32. The molecule has 1 aromatic heterocycles. The lowest BCUT2D eigenvalue weighted by Crippen LogP contribution is -2.11. The largest absolute Gasteiger partial charge is 0.465 e. The number of benzene rings is 1. The van der Waals surface area contributed by atoms with E-state index in [0.717, 1.165) is 16.0 Å². The first-order chi connectivity index (χ1) is 10.9. The highest BCUT2D eigenvalue weighted by molar-refractivity contribution is 7.16. The number of hydrogen-bond acceptors (Lipinski definition) is 4. The zero-order valence-corrected chi connectivity index (χ0v) is 14.5. The van der Waals surface area contributed by atoms with E-state index in [1.54, 1.807) is 24.3 Å². The second-order valence-corrected chi connectivity index (χ2v) is 6.52. The topological polar surface area (TPSA) is 55.4 Å². The lowest BCUT2D eigenvalue weighted by Gasteiger charge is -2.04. The van der Waals surface area contributed by atoms with Crippen molar-refractivity contribution in [2.45, 2.75) is 13.8 Å². The van der Waals surface area contributed by atoms with Crippen molar-refractivity contribution in [1.29, 1.82) is 0 Å². The first-order valence-electron chi connectivity index (χ1n) is 6.85. The van der Waals surface area contributed by atoms with Gasteiger partial charge in [0.15, 0.2) is 0 Å². The number of hydrogen-bond donors (Lipinski definition) is 1. The van der Waals surface area contributed by atoms with Gasteiger partial charge in [0.05, 0.1) is 12.7 Å². The molecule has 6 heteroatoms. The van der Waals surface area contributed by atoms with Gasteiger partial charge >= 0.3 is 5.97 Å². The lowest BCUT2D eigenvalue weighted by atomic mass is 10.1. The molecule has 1 aromatic carbocycles. The van der Waals surface area contributed by atoms with Crippen LogP contribution in [0.4, 0.5) is 5.00 Å². The molecule has 23 heavy (non-hydrogen) atoms. The van der Waals surface area contributed by atoms with Crippen LogP contribution < -0.4 is 5.32 Å². The molecule has 1 amide bonds. The van der Waals surface area contributed by atoms with Crippen molar-refractivity contribution in [3.05, 3.63) is 56.9 Å². The number of esters is 1. The molecule has 0 aliphatic carbocycles. The summed E-state index contributed by atoms with van der Waals surface area (Å²) < 4.78 is 4.78. The summed E-state index contributed by atoms with van der Waals surface area (Å²) in [5, 5.41) is 3.83. The summed E-state index contributed by atoms with van der Waals surface area (Å²) in [6.07, 6.45) is 3.06. The van der Waals surface area contributed by atoms with Crippen LogP contribution in [0.3, 0.4) is 0 Å². The fraction of sp³-hybridized carbons (Fsp3) is 0.176. The molecule has 2 rings (SSSR count). The predicted molar refractivity (Wildman–Crippen MR) is 94.2 cm³/mol. The van der Waals surface area contributed by atoms with E-state index in [1.165, 1.54) is 24.5 Å². The molecule has 120 valence electrons. The van der Waals surface area contributed by atoms with Crippen molar-refractivity contribution in [3.8, 4) is 0 Å². The Morgan fingerprint density at radius 3 is 2.70 bits per heavy atom. The van der Waals surface area contributed by atoms with E-state index in [1.807, 2.05) is 19.9 Å². The Balaban J connectivity index is 2.18. The first kappa shape index (κ1) is 17.2. The van der Waals surface area contributed by atoms with Crippen molar-refractivity contribution in [3.63, 3.8) is 0 Å². The molecule has 0 radical (unpaired) electrons. The molecule has 1 N–H and O–H groups in total. The second-order valence-electron chi connectivity index (χ2n) is 4.86. The molecular weight excluding hydrogens is 334 g/mol. The quantitative estimate of drug-likeness (QED) is 0.655. The number of methoxy groups -OCH3 is 1. The fourth-order valence-corrected chi connectivity index (χ4v) is 3.25. The summed E-state index contributed by atoms with van der Waals surface area (Å²) in [4.78, 5) is 24.9. The van der Waals surface area contributed by atoms with Gasteiger partial charge in [0.2, 0.25) is 5.91 Å². The summed E-state index contributed by atoms with van der Waals surface area (Å²) in [5.41, 5.74) is 2.04. The van der Waals surface area contributed by atoms with Crippen molar-refractivity contribution < 1.29 is 14.3 Å². The Kier molecular flexibility index (Phi) is 5.58. The molecule has 0 aliphatic heterocycles. The highest BCUT2D eigenvalue weighted by Gasteiger charge is 2.20. The number of halogens is 1. The molecule has 0 spiro atoms. The summed E-state index contributed by atoms with van der Waals surface area (Å²) in [6.45, 7) is 3.72. The van der Waals surface area contributed by atoms with E-state index >= 15 is 0 Å². The molecular formula is C17H16ClNO3S. The molecule has 0 bridgehead atoms. The Morgan fingerprint density at radius 2 is 2.04 bits per heavy atom. The average molecular weight is 350 g/mol. The van der Waals surface area contributed by atoms with Crippen molar-refractivity contribution in [2.24, 2.45) is 0 Å². The molecule has 4 nitrogen and oxygen atoms in total. The van der Waals surface area contributed by atoms with Gasteiger partial charge in [0.25, 0.3) is 0 Å². The molecule has 0 saturated heterocycles. The number of thiophene rings is 1. The number of ether oxygens (including phenoxy) is 1. The SMILES string of the molecule is COC(=O)c1c(NC(=O)C=Cc2cccc(Cl)c2)sc(C)c1C. The van der Waals surface area contributed by atoms with Crippen LogP contribution in [0.25, 0.3) is 6.08 Å². The van der Waals surface area contributed by atoms with Crippen molar-refractivity contribution in [2.75, 3.05) is 12.4 Å². The molecule has 0 atom stereocenters. The van der Waals surface area contributed by atoms with Crippen LogP contribution in [0, 0.1) is 13.8 Å². The van der Waals surface area contributed by atoms with Gasteiger partial charge in [-0.15, -0.1) is 11.3 Å². The molecule has 0 aliphatic rings. The van der Waals surface area contributed by atoms with Gasteiger partial charge in [-0.25, -0.2) is 4.79 Å². The minimum Gasteiger partial charge on any atom is -0.465 e. The third-order valence-corrected chi connectivity index (χ3v) is 4.65. The summed E-state index contributed by atoms with van der Waals surface area (Å²) >= 11 is 7.25. The maximum Gasteiger partial charge on any atom is 0.341 e. The smallest absolute Gasteiger partial charge is 0.341 e. The van der Waals surface area contributed by atoms with Crippen molar-refractivity contribution in [1.82, 2.24) is 0 Å². The van der Waals surface area contributed by atoms with E-state index in [2.05, 4.69) is 5.32 Å². The number of carbonyl (C=O) groups is 2. The van der Waals surface area contributed by atoms with Crippen LogP contribution in [0.1, 0.15) is 26.4 Å². The van der Waals surface area contributed by atoms with E-state index in [4.69, 9.17) is 16.3 Å². The Labute approximate surface area is 143 Å². The third-order valence-electron chi connectivity index (χ3n) is 3.29. The maximum atomic E-state index is 12.1. The number of aryl methyl sites for hydroxylation is 1. The average Bonchev–Trinajstić information content (AvgIpc) is 2.79. The van der Waals surface area contributed by atoms with Crippen LogP contribution >= 0.6 is 22.9 Å². The molecule has 0 fully saturated rings. The van der Waals surface area contributed by atoms with Gasteiger partial charge in [0, 0.05) is 16.0 Å². The molecule has 2 aromatic rings. The number of amides is 1. The molecule has 0 saturated carbocycles. The minimum atomic E-state index is -0.457. The fourth-order valence-electron chi connectivity index (χ4n) is 2.00. The van der Waals surface area contributed by atoms with E-state index in [-0.39, 0.29) is 5.91 Å². The zero-order chi connectivity index (χ0) is 17.0. The van der Waals surface area contributed by atoms with Crippen LogP contribution in [0.2, 0.25) is 5.02 Å². The Morgan fingerprint density at radius 1 is 1.30 bits per heavy atom. The third kappa shape index (κ3) is 4.21. The highest BCUT2D eigenvalue weighted by Crippen LogP contribution is 2.32. The Hall–Kier alpha value is -2.11. The van der Waals surface area contributed by atoms with Gasteiger partial charge in [-0.2, -0.15) is 0 Å². The molecule has 0 unspecified atom stereocenters. The van der Waals surface area contributed by atoms with Gasteiger partial charge in [-0.05, 0) is 43.2 Å². The number of anilines is 1. The van der Waals surface area contributed by atoms with Crippen LogP contribution in [0.5, 0.6) is 0 Å². The van der Waals surface area contributed by atoms with Crippen LogP contribution in [-0.2, 0) is 9.53 Å².